The SMILES string of the molecule is Cc1nc(SCc2cccc(C(=N)N)c2)oc1C. The van der Waals surface area contributed by atoms with E-state index >= 15 is 0 Å². The molecule has 1 aromatic carbocycles. The minimum Gasteiger partial charge on any atom is -0.437 e. The number of oxazole rings is 1. The van der Waals surface area contributed by atoms with Crippen molar-refractivity contribution in [1.82, 2.24) is 4.98 Å². The fourth-order valence-corrected chi connectivity index (χ4v) is 2.33. The molecule has 0 bridgehead atoms. The molecule has 0 saturated heterocycles. The Labute approximate surface area is 110 Å². The van der Waals surface area contributed by atoms with Gasteiger partial charge in [-0.1, -0.05) is 30.0 Å². The smallest absolute Gasteiger partial charge is 0.256 e. The van der Waals surface area contributed by atoms with E-state index in [1.165, 1.54) is 11.8 Å². The summed E-state index contributed by atoms with van der Waals surface area (Å²) in [5, 5.41) is 8.08. The Hall–Kier alpha value is -1.75. The van der Waals surface area contributed by atoms with Crippen molar-refractivity contribution < 1.29 is 4.42 Å². The summed E-state index contributed by atoms with van der Waals surface area (Å²) in [6.45, 7) is 3.84. The number of nitrogens with two attached hydrogens (primary N) is 1. The maximum atomic E-state index is 7.40. The van der Waals surface area contributed by atoms with Crippen LogP contribution >= 0.6 is 11.8 Å². The highest BCUT2D eigenvalue weighted by Gasteiger charge is 2.06. The second kappa shape index (κ2) is 5.27. The van der Waals surface area contributed by atoms with Gasteiger partial charge in [0.05, 0.1) is 5.69 Å². The van der Waals surface area contributed by atoms with E-state index in [2.05, 4.69) is 4.98 Å². The molecule has 0 atom stereocenters. The van der Waals surface area contributed by atoms with E-state index in [9.17, 15) is 0 Å². The predicted octanol–water partition coefficient (Wildman–Crippen LogP) is 2.87. The first-order valence-corrected chi connectivity index (χ1v) is 6.55. The number of hydrogen-bond donors (Lipinski definition) is 2. The van der Waals surface area contributed by atoms with Gasteiger partial charge in [-0.15, -0.1) is 0 Å². The lowest BCUT2D eigenvalue weighted by Crippen LogP contribution is -2.10. The highest BCUT2D eigenvalue weighted by atomic mass is 32.2. The fraction of sp³-hybridized carbons (Fsp3) is 0.231. The summed E-state index contributed by atoms with van der Waals surface area (Å²) >= 11 is 1.54. The van der Waals surface area contributed by atoms with E-state index in [4.69, 9.17) is 15.6 Å². The van der Waals surface area contributed by atoms with Crippen molar-refractivity contribution in [3.63, 3.8) is 0 Å². The van der Waals surface area contributed by atoms with Gasteiger partial charge in [0.15, 0.2) is 0 Å². The standard InChI is InChI=1S/C13H15N3OS/c1-8-9(2)17-13(16-8)18-7-10-4-3-5-11(6-10)12(14)15/h3-6H,7H2,1-2H3,(H3,14,15). The van der Waals surface area contributed by atoms with Gasteiger partial charge >= 0.3 is 0 Å². The maximum Gasteiger partial charge on any atom is 0.256 e. The van der Waals surface area contributed by atoms with Gasteiger partial charge in [-0.2, -0.15) is 0 Å². The molecule has 18 heavy (non-hydrogen) atoms. The predicted molar refractivity (Wildman–Crippen MR) is 73.0 cm³/mol. The fourth-order valence-electron chi connectivity index (χ4n) is 1.48. The third-order valence-electron chi connectivity index (χ3n) is 2.61. The number of nitrogens with one attached hydrogen (secondary N) is 1. The van der Waals surface area contributed by atoms with Crippen molar-refractivity contribution in [3.05, 3.63) is 46.8 Å². The van der Waals surface area contributed by atoms with E-state index < -0.39 is 0 Å². The van der Waals surface area contributed by atoms with Crippen molar-refractivity contribution in [2.75, 3.05) is 0 Å². The summed E-state index contributed by atoms with van der Waals surface area (Å²) < 4.78 is 5.50. The van der Waals surface area contributed by atoms with Crippen LogP contribution in [-0.2, 0) is 5.75 Å². The number of amidine groups is 1. The average Bonchev–Trinajstić information content (AvgIpc) is 2.67. The molecule has 2 aromatic rings. The monoisotopic (exact) mass is 261 g/mol. The Kier molecular flexibility index (Phi) is 3.72. The van der Waals surface area contributed by atoms with Crippen LogP contribution in [0.15, 0.2) is 33.9 Å². The molecule has 0 radical (unpaired) electrons. The highest BCUT2D eigenvalue weighted by Crippen LogP contribution is 2.24. The number of aromatic nitrogens is 1. The van der Waals surface area contributed by atoms with Crippen molar-refractivity contribution in [1.29, 1.82) is 5.41 Å². The minimum atomic E-state index is 0.0877. The Morgan fingerprint density at radius 3 is 2.83 bits per heavy atom. The van der Waals surface area contributed by atoms with Crippen LogP contribution in [0.25, 0.3) is 0 Å². The summed E-state index contributed by atoms with van der Waals surface area (Å²) in [7, 11) is 0. The van der Waals surface area contributed by atoms with Gasteiger partial charge in [-0.3, -0.25) is 5.41 Å². The molecule has 0 aliphatic rings. The number of rotatable bonds is 4. The van der Waals surface area contributed by atoms with Gasteiger partial charge in [0.25, 0.3) is 5.22 Å². The Bertz CT molecular complexity index is 558. The van der Waals surface area contributed by atoms with Gasteiger partial charge in [-0.25, -0.2) is 4.98 Å². The molecule has 0 amide bonds. The van der Waals surface area contributed by atoms with E-state index in [-0.39, 0.29) is 5.84 Å². The zero-order valence-electron chi connectivity index (χ0n) is 10.4. The van der Waals surface area contributed by atoms with Crippen LogP contribution in [0.4, 0.5) is 0 Å². The lowest BCUT2D eigenvalue weighted by molar-refractivity contribution is 0.431. The van der Waals surface area contributed by atoms with E-state index in [1.807, 2.05) is 38.1 Å². The van der Waals surface area contributed by atoms with Crippen LogP contribution in [0.1, 0.15) is 22.6 Å². The van der Waals surface area contributed by atoms with Crippen molar-refractivity contribution in [2.45, 2.75) is 24.8 Å². The molecule has 5 heteroatoms. The summed E-state index contributed by atoms with van der Waals surface area (Å²) in [5.74, 6) is 1.69. The summed E-state index contributed by atoms with van der Waals surface area (Å²) in [6.07, 6.45) is 0. The molecule has 4 nitrogen and oxygen atoms in total. The molecule has 2 rings (SSSR count). The third kappa shape index (κ3) is 2.92. The van der Waals surface area contributed by atoms with Crippen LogP contribution in [0.2, 0.25) is 0 Å². The van der Waals surface area contributed by atoms with Crippen LogP contribution in [0, 0.1) is 19.3 Å². The van der Waals surface area contributed by atoms with E-state index in [0.29, 0.717) is 5.22 Å². The summed E-state index contributed by atoms with van der Waals surface area (Å²) in [5.41, 5.74) is 8.23. The number of benzene rings is 1. The van der Waals surface area contributed by atoms with Gasteiger partial charge in [0.2, 0.25) is 0 Å². The second-order valence-corrected chi connectivity index (χ2v) is 4.95. The number of nitrogen functional groups attached to an aromatic ring is 1. The average molecular weight is 261 g/mol. The van der Waals surface area contributed by atoms with Crippen molar-refractivity contribution in [2.24, 2.45) is 5.73 Å². The van der Waals surface area contributed by atoms with Gasteiger partial charge in [0, 0.05) is 11.3 Å². The lowest BCUT2D eigenvalue weighted by Gasteiger charge is -2.02. The van der Waals surface area contributed by atoms with E-state index in [1.54, 1.807) is 0 Å². The molecule has 0 aliphatic carbocycles. The number of aryl methyl sites for hydroxylation is 2. The largest absolute Gasteiger partial charge is 0.437 e. The molecule has 1 aromatic heterocycles. The van der Waals surface area contributed by atoms with Crippen LogP contribution in [0.3, 0.4) is 0 Å². The molecular weight excluding hydrogens is 246 g/mol. The number of thioether (sulfide) groups is 1. The van der Waals surface area contributed by atoms with Crippen LogP contribution in [-0.4, -0.2) is 10.8 Å². The molecule has 0 aliphatic heterocycles. The molecular formula is C13H15N3OS. The van der Waals surface area contributed by atoms with Gasteiger partial charge < -0.3 is 10.2 Å². The zero-order chi connectivity index (χ0) is 13.1. The quantitative estimate of drug-likeness (QED) is 0.504. The molecule has 3 N–H and O–H groups in total. The number of nitrogens with zero attached hydrogens (tertiary/aromatic N) is 1. The molecule has 94 valence electrons. The number of hydrogen-bond acceptors (Lipinski definition) is 4. The van der Waals surface area contributed by atoms with Crippen LogP contribution < -0.4 is 5.73 Å². The van der Waals surface area contributed by atoms with Gasteiger partial charge in [-0.05, 0) is 25.5 Å². The normalized spacial score (nSPS) is 10.6. The van der Waals surface area contributed by atoms with Crippen molar-refractivity contribution >= 4 is 17.6 Å². The van der Waals surface area contributed by atoms with Crippen molar-refractivity contribution in [3.8, 4) is 0 Å². The van der Waals surface area contributed by atoms with Crippen LogP contribution in [0.5, 0.6) is 0 Å². The highest BCUT2D eigenvalue weighted by molar-refractivity contribution is 7.98. The molecule has 0 unspecified atom stereocenters. The molecule has 0 fully saturated rings. The first-order chi connectivity index (χ1) is 8.56. The maximum absolute atomic E-state index is 7.40. The minimum absolute atomic E-state index is 0.0877. The third-order valence-corrected chi connectivity index (χ3v) is 3.51. The Morgan fingerprint density at radius 2 is 2.22 bits per heavy atom. The summed E-state index contributed by atoms with van der Waals surface area (Å²) in [4.78, 5) is 4.31. The Morgan fingerprint density at radius 1 is 1.44 bits per heavy atom. The zero-order valence-corrected chi connectivity index (χ0v) is 11.2. The molecule has 1 heterocycles. The second-order valence-electron chi connectivity index (χ2n) is 4.02. The Balaban J connectivity index is 2.06. The van der Waals surface area contributed by atoms with Gasteiger partial charge in [0.1, 0.15) is 11.6 Å². The lowest BCUT2D eigenvalue weighted by atomic mass is 10.1. The molecule has 0 spiro atoms. The summed E-state index contributed by atoms with van der Waals surface area (Å²) in [6, 6.07) is 7.65. The first kappa shape index (κ1) is 12.7. The topological polar surface area (TPSA) is 75.9 Å². The first-order valence-electron chi connectivity index (χ1n) is 5.56. The molecule has 0 saturated carbocycles. The van der Waals surface area contributed by atoms with E-state index in [0.717, 1.165) is 28.3 Å².